The second kappa shape index (κ2) is 4.93. The van der Waals surface area contributed by atoms with Gasteiger partial charge < -0.3 is 4.74 Å². The van der Waals surface area contributed by atoms with Gasteiger partial charge in [0.1, 0.15) is 5.76 Å². The minimum Gasteiger partial charge on any atom is -0.497 e. The third kappa shape index (κ3) is 2.17. The van der Waals surface area contributed by atoms with E-state index in [0.29, 0.717) is 0 Å². The van der Waals surface area contributed by atoms with Crippen LogP contribution in [0.15, 0.2) is 54.3 Å². The van der Waals surface area contributed by atoms with E-state index >= 15 is 0 Å². The molecule has 0 atom stereocenters. The normalized spacial score (nSPS) is 15.1. The fourth-order valence-corrected chi connectivity index (χ4v) is 2.77. The third-order valence-electron chi connectivity index (χ3n) is 3.80. The Balaban J connectivity index is 2.19. The van der Waals surface area contributed by atoms with Gasteiger partial charge in [0.15, 0.2) is 0 Å². The first-order valence-electron chi connectivity index (χ1n) is 6.73. The maximum atomic E-state index is 5.36. The zero-order chi connectivity index (χ0) is 13.2. The molecule has 0 fully saturated rings. The lowest BCUT2D eigenvalue weighted by Gasteiger charge is -2.16. The second-order valence-corrected chi connectivity index (χ2v) is 4.99. The van der Waals surface area contributed by atoms with Gasteiger partial charge in [-0.2, -0.15) is 0 Å². The summed E-state index contributed by atoms with van der Waals surface area (Å²) in [5.41, 5.74) is 4.04. The van der Waals surface area contributed by atoms with Gasteiger partial charge in [-0.3, -0.25) is 0 Å². The van der Waals surface area contributed by atoms with E-state index in [-0.39, 0.29) is 0 Å². The molecule has 0 bridgehead atoms. The van der Waals surface area contributed by atoms with Crippen molar-refractivity contribution in [2.75, 3.05) is 7.11 Å². The van der Waals surface area contributed by atoms with Gasteiger partial charge in [-0.25, -0.2) is 0 Å². The van der Waals surface area contributed by atoms with E-state index in [1.54, 1.807) is 7.11 Å². The van der Waals surface area contributed by atoms with Crippen LogP contribution < -0.4 is 0 Å². The van der Waals surface area contributed by atoms with Crippen LogP contribution in [0.4, 0.5) is 0 Å². The molecular weight excluding hydrogens is 232 g/mol. The molecule has 0 unspecified atom stereocenters. The van der Waals surface area contributed by atoms with Crippen LogP contribution in [0.2, 0.25) is 0 Å². The smallest absolute Gasteiger partial charge is 0.115 e. The molecule has 1 aliphatic rings. The molecule has 0 radical (unpaired) electrons. The Morgan fingerprint density at radius 1 is 1.00 bits per heavy atom. The molecule has 0 saturated carbocycles. The van der Waals surface area contributed by atoms with E-state index in [0.717, 1.165) is 18.6 Å². The minimum atomic E-state index is 0.978. The van der Waals surface area contributed by atoms with Crippen LogP contribution in [0.3, 0.4) is 0 Å². The summed E-state index contributed by atoms with van der Waals surface area (Å²) in [5, 5.41) is 2.68. The lowest BCUT2D eigenvalue weighted by molar-refractivity contribution is 0.304. The number of rotatable bonds is 2. The van der Waals surface area contributed by atoms with Gasteiger partial charge in [-0.05, 0) is 59.4 Å². The van der Waals surface area contributed by atoms with Gasteiger partial charge in [0.25, 0.3) is 0 Å². The SMILES string of the molecule is COC1=CCCC(c2cccc3c(C)cccc23)=C1. The summed E-state index contributed by atoms with van der Waals surface area (Å²) in [5.74, 6) is 0.978. The Labute approximate surface area is 114 Å². The van der Waals surface area contributed by atoms with Crippen LogP contribution in [0.5, 0.6) is 0 Å². The van der Waals surface area contributed by atoms with Crippen molar-refractivity contribution in [2.45, 2.75) is 19.8 Å². The molecule has 2 aromatic carbocycles. The van der Waals surface area contributed by atoms with Gasteiger partial charge in [-0.15, -0.1) is 0 Å². The summed E-state index contributed by atoms with van der Waals surface area (Å²) in [7, 11) is 1.73. The molecule has 2 aromatic rings. The Kier molecular flexibility index (Phi) is 3.12. The molecule has 0 amide bonds. The van der Waals surface area contributed by atoms with Crippen molar-refractivity contribution in [3.63, 3.8) is 0 Å². The zero-order valence-corrected chi connectivity index (χ0v) is 11.4. The van der Waals surface area contributed by atoms with Crippen LogP contribution in [-0.4, -0.2) is 7.11 Å². The van der Waals surface area contributed by atoms with Crippen LogP contribution in [0.1, 0.15) is 24.0 Å². The molecule has 0 saturated heterocycles. The molecule has 0 heterocycles. The molecule has 0 spiro atoms. The number of methoxy groups -OCH3 is 1. The molecule has 0 N–H and O–H groups in total. The van der Waals surface area contributed by atoms with Gasteiger partial charge in [-0.1, -0.05) is 36.4 Å². The van der Waals surface area contributed by atoms with Crippen LogP contribution in [0.25, 0.3) is 16.3 Å². The van der Waals surface area contributed by atoms with Crippen molar-refractivity contribution in [3.8, 4) is 0 Å². The van der Waals surface area contributed by atoms with Crippen molar-refractivity contribution in [1.82, 2.24) is 0 Å². The maximum Gasteiger partial charge on any atom is 0.115 e. The predicted octanol–water partition coefficient (Wildman–Crippen LogP) is 4.86. The van der Waals surface area contributed by atoms with Crippen LogP contribution in [-0.2, 0) is 4.74 Å². The highest BCUT2D eigenvalue weighted by Crippen LogP contribution is 2.32. The lowest BCUT2D eigenvalue weighted by atomic mass is 9.91. The third-order valence-corrected chi connectivity index (χ3v) is 3.80. The zero-order valence-electron chi connectivity index (χ0n) is 11.4. The molecule has 3 rings (SSSR count). The fourth-order valence-electron chi connectivity index (χ4n) is 2.77. The van der Waals surface area contributed by atoms with Crippen LogP contribution >= 0.6 is 0 Å². The summed E-state index contributed by atoms with van der Waals surface area (Å²) in [6.07, 6.45) is 6.46. The number of hydrogen-bond acceptors (Lipinski definition) is 1. The molecular formula is C18H18O. The first kappa shape index (κ1) is 12.0. The predicted molar refractivity (Wildman–Crippen MR) is 81.0 cm³/mol. The van der Waals surface area contributed by atoms with Gasteiger partial charge >= 0.3 is 0 Å². The van der Waals surface area contributed by atoms with Gasteiger partial charge in [0.2, 0.25) is 0 Å². The highest BCUT2D eigenvalue weighted by atomic mass is 16.5. The molecule has 1 nitrogen and oxygen atoms in total. The number of ether oxygens (including phenoxy) is 1. The highest BCUT2D eigenvalue weighted by Gasteiger charge is 2.11. The largest absolute Gasteiger partial charge is 0.497 e. The first-order valence-corrected chi connectivity index (χ1v) is 6.73. The maximum absolute atomic E-state index is 5.36. The Morgan fingerprint density at radius 3 is 2.63 bits per heavy atom. The lowest BCUT2D eigenvalue weighted by Crippen LogP contribution is -1.95. The number of benzene rings is 2. The van der Waals surface area contributed by atoms with Crippen molar-refractivity contribution in [1.29, 1.82) is 0 Å². The van der Waals surface area contributed by atoms with Crippen molar-refractivity contribution >= 4 is 16.3 Å². The van der Waals surface area contributed by atoms with Gasteiger partial charge in [0.05, 0.1) is 7.11 Å². The summed E-state index contributed by atoms with van der Waals surface area (Å²) in [6, 6.07) is 13.1. The van der Waals surface area contributed by atoms with E-state index in [1.165, 1.54) is 27.5 Å². The van der Waals surface area contributed by atoms with Crippen molar-refractivity contribution in [2.24, 2.45) is 0 Å². The number of aryl methyl sites for hydroxylation is 1. The van der Waals surface area contributed by atoms with Crippen molar-refractivity contribution < 1.29 is 4.74 Å². The van der Waals surface area contributed by atoms with E-state index in [9.17, 15) is 0 Å². The standard InChI is InChI=1S/C18H18O/c1-13-6-3-11-18-16(13)9-5-10-17(18)14-7-4-8-15(12-14)19-2/h3,5-6,8-12H,4,7H2,1-2H3. The molecule has 19 heavy (non-hydrogen) atoms. The first-order chi connectivity index (χ1) is 9.29. The monoisotopic (exact) mass is 250 g/mol. The summed E-state index contributed by atoms with van der Waals surface area (Å²) >= 11 is 0. The molecule has 1 aliphatic carbocycles. The Hall–Kier alpha value is -2.02. The molecule has 96 valence electrons. The van der Waals surface area contributed by atoms with E-state index < -0.39 is 0 Å². The van der Waals surface area contributed by atoms with Crippen molar-refractivity contribution in [3.05, 3.63) is 65.4 Å². The molecule has 1 heteroatoms. The van der Waals surface area contributed by atoms with Crippen LogP contribution in [0, 0.1) is 6.92 Å². The topological polar surface area (TPSA) is 9.23 Å². The summed E-state index contributed by atoms with van der Waals surface area (Å²) in [6.45, 7) is 2.17. The highest BCUT2D eigenvalue weighted by molar-refractivity contribution is 5.96. The molecule has 0 aliphatic heterocycles. The fraction of sp³-hybridized carbons (Fsp3) is 0.222. The summed E-state index contributed by atoms with van der Waals surface area (Å²) < 4.78 is 5.36. The minimum absolute atomic E-state index is 0.978. The second-order valence-electron chi connectivity index (χ2n) is 4.99. The Morgan fingerprint density at radius 2 is 1.79 bits per heavy atom. The number of allylic oxidation sites excluding steroid dienone is 3. The van der Waals surface area contributed by atoms with E-state index in [4.69, 9.17) is 4.74 Å². The quantitative estimate of drug-likeness (QED) is 0.740. The number of fused-ring (bicyclic) bond motifs is 1. The van der Waals surface area contributed by atoms with E-state index in [2.05, 4.69) is 55.5 Å². The molecule has 0 aromatic heterocycles. The summed E-state index contributed by atoms with van der Waals surface area (Å²) in [4.78, 5) is 0. The van der Waals surface area contributed by atoms with Gasteiger partial charge in [0, 0.05) is 0 Å². The van der Waals surface area contributed by atoms with E-state index in [1.807, 2.05) is 0 Å². The number of hydrogen-bond donors (Lipinski definition) is 0. The average molecular weight is 250 g/mol. The Bertz CT molecular complexity index is 677. The average Bonchev–Trinajstić information content (AvgIpc) is 2.47.